The third-order valence-electron chi connectivity index (χ3n) is 6.23. The molecular formula is C26H37N3O4S. The normalized spacial score (nSPS) is 12.2. The lowest BCUT2D eigenvalue weighted by molar-refractivity contribution is -0.141. The van der Waals surface area contributed by atoms with Gasteiger partial charge in [0, 0.05) is 26.6 Å². The molecule has 0 heterocycles. The lowest BCUT2D eigenvalue weighted by atomic mass is 10.1. The van der Waals surface area contributed by atoms with E-state index in [0.29, 0.717) is 25.1 Å². The highest BCUT2D eigenvalue weighted by molar-refractivity contribution is 7.92. The second-order valence-electron chi connectivity index (χ2n) is 8.64. The van der Waals surface area contributed by atoms with E-state index >= 15 is 0 Å². The van der Waals surface area contributed by atoms with E-state index in [-0.39, 0.29) is 24.8 Å². The number of nitrogens with one attached hydrogen (secondary N) is 1. The van der Waals surface area contributed by atoms with Gasteiger partial charge in [-0.05, 0) is 61.9 Å². The summed E-state index contributed by atoms with van der Waals surface area (Å²) in [6.07, 6.45) is 2.14. The summed E-state index contributed by atoms with van der Waals surface area (Å²) < 4.78 is 26.5. The Bertz CT molecular complexity index is 1110. The smallest absolute Gasteiger partial charge is 0.242 e. The zero-order chi connectivity index (χ0) is 25.5. The summed E-state index contributed by atoms with van der Waals surface area (Å²) in [7, 11) is -1.96. The molecule has 0 aliphatic heterocycles. The van der Waals surface area contributed by atoms with E-state index in [1.165, 1.54) is 10.6 Å². The molecule has 0 saturated carbocycles. The van der Waals surface area contributed by atoms with Crippen LogP contribution in [-0.4, -0.2) is 51.0 Å². The number of hydrogen-bond acceptors (Lipinski definition) is 4. The van der Waals surface area contributed by atoms with Gasteiger partial charge in [0.2, 0.25) is 21.8 Å². The summed E-state index contributed by atoms with van der Waals surface area (Å²) in [5.74, 6) is -0.384. The Hall–Kier alpha value is -2.87. The van der Waals surface area contributed by atoms with Crippen molar-refractivity contribution >= 4 is 27.5 Å². The maximum absolute atomic E-state index is 13.3. The van der Waals surface area contributed by atoms with Crippen LogP contribution in [0.4, 0.5) is 5.69 Å². The van der Waals surface area contributed by atoms with Gasteiger partial charge in [0.05, 0.1) is 11.9 Å². The first-order chi connectivity index (χ1) is 16.0. The summed E-state index contributed by atoms with van der Waals surface area (Å²) in [5.41, 5.74) is 4.55. The van der Waals surface area contributed by atoms with E-state index in [9.17, 15) is 18.0 Å². The van der Waals surface area contributed by atoms with E-state index in [0.717, 1.165) is 22.3 Å². The number of carbonyl (C=O) groups excluding carboxylic acids is 2. The number of nitrogens with zero attached hydrogens (tertiary/aromatic N) is 2. The summed E-state index contributed by atoms with van der Waals surface area (Å²) >= 11 is 0. The van der Waals surface area contributed by atoms with Gasteiger partial charge in [0.15, 0.2) is 0 Å². The van der Waals surface area contributed by atoms with Gasteiger partial charge >= 0.3 is 0 Å². The molecular weight excluding hydrogens is 450 g/mol. The number of amides is 2. The summed E-state index contributed by atoms with van der Waals surface area (Å²) in [6.45, 7) is 8.20. The van der Waals surface area contributed by atoms with Crippen LogP contribution in [0.15, 0.2) is 42.5 Å². The molecule has 34 heavy (non-hydrogen) atoms. The van der Waals surface area contributed by atoms with Crippen molar-refractivity contribution in [3.63, 3.8) is 0 Å². The largest absolute Gasteiger partial charge is 0.357 e. The van der Waals surface area contributed by atoms with E-state index in [1.807, 2.05) is 64.1 Å². The van der Waals surface area contributed by atoms with Crippen molar-refractivity contribution in [1.82, 2.24) is 10.2 Å². The Morgan fingerprint density at radius 1 is 1.00 bits per heavy atom. The molecule has 0 unspecified atom stereocenters. The van der Waals surface area contributed by atoms with Gasteiger partial charge in [-0.15, -0.1) is 0 Å². The van der Waals surface area contributed by atoms with Gasteiger partial charge in [-0.2, -0.15) is 0 Å². The van der Waals surface area contributed by atoms with Crippen molar-refractivity contribution in [3.8, 4) is 0 Å². The van der Waals surface area contributed by atoms with E-state index in [1.54, 1.807) is 18.0 Å². The molecule has 7 nitrogen and oxygen atoms in total. The lowest BCUT2D eigenvalue weighted by Crippen LogP contribution is -2.48. The molecule has 1 N–H and O–H groups in total. The number of rotatable bonds is 11. The fraction of sp³-hybridized carbons (Fsp3) is 0.462. The molecule has 0 fully saturated rings. The summed E-state index contributed by atoms with van der Waals surface area (Å²) in [4.78, 5) is 27.5. The highest BCUT2D eigenvalue weighted by Crippen LogP contribution is 2.25. The summed E-state index contributed by atoms with van der Waals surface area (Å²) in [6, 6.07) is 12.8. The van der Waals surface area contributed by atoms with Crippen LogP contribution in [0, 0.1) is 20.8 Å². The predicted molar refractivity (Wildman–Crippen MR) is 137 cm³/mol. The van der Waals surface area contributed by atoms with Crippen LogP contribution in [0.3, 0.4) is 0 Å². The molecule has 0 radical (unpaired) electrons. The minimum Gasteiger partial charge on any atom is -0.357 e. The molecule has 186 valence electrons. The number of hydrogen-bond donors (Lipinski definition) is 1. The van der Waals surface area contributed by atoms with Crippen molar-refractivity contribution in [2.45, 2.75) is 59.5 Å². The molecule has 0 aromatic heterocycles. The Morgan fingerprint density at radius 2 is 1.65 bits per heavy atom. The molecule has 0 aliphatic carbocycles. The number of carbonyl (C=O) groups is 2. The van der Waals surface area contributed by atoms with Crippen LogP contribution in [-0.2, 0) is 26.2 Å². The zero-order valence-electron chi connectivity index (χ0n) is 21.1. The average Bonchev–Trinajstić information content (AvgIpc) is 2.78. The fourth-order valence-corrected chi connectivity index (χ4v) is 5.06. The van der Waals surface area contributed by atoms with Crippen molar-refractivity contribution < 1.29 is 18.0 Å². The zero-order valence-corrected chi connectivity index (χ0v) is 21.9. The number of likely N-dealkylation sites (N-methyl/N-ethyl adjacent to an activating group) is 1. The number of benzene rings is 2. The van der Waals surface area contributed by atoms with Gasteiger partial charge in [0.1, 0.15) is 6.04 Å². The van der Waals surface area contributed by atoms with Crippen LogP contribution < -0.4 is 9.62 Å². The van der Waals surface area contributed by atoms with Gasteiger partial charge in [-0.3, -0.25) is 13.9 Å². The number of anilines is 1. The Balaban J connectivity index is 2.24. The average molecular weight is 488 g/mol. The molecule has 2 amide bonds. The highest BCUT2D eigenvalue weighted by Gasteiger charge is 2.28. The fourth-order valence-electron chi connectivity index (χ4n) is 4.05. The molecule has 0 spiro atoms. The summed E-state index contributed by atoms with van der Waals surface area (Å²) in [5, 5.41) is 2.66. The van der Waals surface area contributed by atoms with Gasteiger partial charge < -0.3 is 10.2 Å². The number of aryl methyl sites for hydroxylation is 2. The van der Waals surface area contributed by atoms with Crippen molar-refractivity contribution in [2.75, 3.05) is 24.2 Å². The minimum absolute atomic E-state index is 0.135. The number of sulfonamides is 1. The van der Waals surface area contributed by atoms with Gasteiger partial charge in [0.25, 0.3) is 0 Å². The Kier molecular flexibility index (Phi) is 9.67. The molecule has 0 saturated heterocycles. The molecule has 1 atom stereocenters. The van der Waals surface area contributed by atoms with Gasteiger partial charge in [-0.25, -0.2) is 8.42 Å². The Labute approximate surface area is 204 Å². The highest BCUT2D eigenvalue weighted by atomic mass is 32.2. The topological polar surface area (TPSA) is 86.8 Å². The molecule has 8 heteroatoms. The van der Waals surface area contributed by atoms with Crippen LogP contribution >= 0.6 is 0 Å². The Morgan fingerprint density at radius 3 is 2.24 bits per heavy atom. The predicted octanol–water partition coefficient (Wildman–Crippen LogP) is 3.71. The molecule has 0 aliphatic rings. The first-order valence-corrected chi connectivity index (χ1v) is 13.5. The standard InChI is InChI=1S/C26H37N3O4S/c1-7-23(26(31)27-5)28(18-22-14-9-8-12-20(22)3)25(30)16-11-17-29(34(6,32)33)24-15-10-13-19(2)21(24)4/h8-10,12-15,23H,7,11,16-18H2,1-6H3,(H,27,31)/t23-/m1/s1. The molecule has 2 rings (SSSR count). The molecule has 0 bridgehead atoms. The van der Waals surface area contributed by atoms with Crippen molar-refractivity contribution in [2.24, 2.45) is 0 Å². The second kappa shape index (κ2) is 12.0. The second-order valence-corrected chi connectivity index (χ2v) is 10.6. The van der Waals surface area contributed by atoms with E-state index in [4.69, 9.17) is 0 Å². The molecule has 2 aromatic carbocycles. The lowest BCUT2D eigenvalue weighted by Gasteiger charge is -2.31. The maximum atomic E-state index is 13.3. The third kappa shape index (κ3) is 6.82. The van der Waals surface area contributed by atoms with E-state index < -0.39 is 16.1 Å². The first-order valence-electron chi connectivity index (χ1n) is 11.6. The van der Waals surface area contributed by atoms with Crippen LogP contribution in [0.1, 0.15) is 48.4 Å². The van der Waals surface area contributed by atoms with Crippen molar-refractivity contribution in [1.29, 1.82) is 0 Å². The van der Waals surface area contributed by atoms with Crippen LogP contribution in [0.5, 0.6) is 0 Å². The van der Waals surface area contributed by atoms with E-state index in [2.05, 4.69) is 5.32 Å². The minimum atomic E-state index is -3.52. The maximum Gasteiger partial charge on any atom is 0.242 e. The quantitative estimate of drug-likeness (QED) is 0.523. The van der Waals surface area contributed by atoms with Crippen LogP contribution in [0.2, 0.25) is 0 Å². The molecule has 2 aromatic rings. The third-order valence-corrected chi connectivity index (χ3v) is 7.41. The van der Waals surface area contributed by atoms with Crippen molar-refractivity contribution in [3.05, 3.63) is 64.7 Å². The SMILES string of the molecule is CC[C@H](C(=O)NC)N(Cc1ccccc1C)C(=O)CCCN(c1cccc(C)c1C)S(C)(=O)=O. The monoisotopic (exact) mass is 487 g/mol. The van der Waals surface area contributed by atoms with Gasteiger partial charge in [-0.1, -0.05) is 43.3 Å². The first kappa shape index (κ1) is 27.4. The van der Waals surface area contributed by atoms with Crippen LogP contribution in [0.25, 0.3) is 0 Å².